The summed E-state index contributed by atoms with van der Waals surface area (Å²) in [6.45, 7) is 14.8. The average Bonchev–Trinajstić information content (AvgIpc) is 3.51. The maximum absolute atomic E-state index is 13.6. The van der Waals surface area contributed by atoms with Gasteiger partial charge in [0.05, 0.1) is 18.8 Å². The van der Waals surface area contributed by atoms with Crippen molar-refractivity contribution in [3.05, 3.63) is 58.8 Å². The second-order valence-electron chi connectivity index (χ2n) is 12.4. The van der Waals surface area contributed by atoms with E-state index in [-0.39, 0.29) is 37.5 Å². The molecule has 0 saturated heterocycles. The number of likely N-dealkylation sites (N-methyl/N-ethyl adjacent to an activating group) is 1. The Bertz CT molecular complexity index is 1450. The molecule has 1 aliphatic rings. The average molecular weight is 593 g/mol. The van der Waals surface area contributed by atoms with Gasteiger partial charge in [0.1, 0.15) is 5.60 Å². The van der Waals surface area contributed by atoms with Gasteiger partial charge in [-0.15, -0.1) is 0 Å². The number of fused-ring (bicyclic) bond motifs is 2. The third-order valence-corrected chi connectivity index (χ3v) is 7.51. The molecule has 43 heavy (non-hydrogen) atoms. The minimum Gasteiger partial charge on any atom is -0.444 e. The van der Waals surface area contributed by atoms with E-state index in [4.69, 9.17) is 9.26 Å². The Labute approximate surface area is 253 Å². The summed E-state index contributed by atoms with van der Waals surface area (Å²) in [5.74, 6) is -0.406. The van der Waals surface area contributed by atoms with Crippen LogP contribution in [0.1, 0.15) is 57.0 Å². The molecule has 11 nitrogen and oxygen atoms in total. The van der Waals surface area contributed by atoms with Gasteiger partial charge in [-0.3, -0.25) is 14.6 Å². The van der Waals surface area contributed by atoms with Crippen molar-refractivity contribution in [2.24, 2.45) is 0 Å². The van der Waals surface area contributed by atoms with Crippen LogP contribution in [0, 0.1) is 13.8 Å². The maximum Gasteiger partial charge on any atom is 0.410 e. The summed E-state index contributed by atoms with van der Waals surface area (Å²) in [7, 11) is 1.77. The van der Waals surface area contributed by atoms with Gasteiger partial charge in [0.15, 0.2) is 5.58 Å². The molecule has 3 amide bonds. The lowest BCUT2D eigenvalue weighted by Gasteiger charge is -2.32. The van der Waals surface area contributed by atoms with E-state index in [0.717, 1.165) is 22.3 Å². The SMILES string of the molecule is Cc1cc2onc(C)c2cc1N(CC(=O)NCCN(C(=O)OC(C)(C)C)C(C)C)CC(=O)N(C)N1Cc2ccccc2C1. The highest BCUT2D eigenvalue weighted by Gasteiger charge is 2.28. The Morgan fingerprint density at radius 3 is 2.33 bits per heavy atom. The minimum atomic E-state index is -0.618. The molecule has 1 aliphatic heterocycles. The zero-order valence-electron chi connectivity index (χ0n) is 26.6. The number of rotatable bonds is 10. The number of carbonyl (C=O) groups excluding carboxylic acids is 3. The Morgan fingerprint density at radius 1 is 1.07 bits per heavy atom. The number of hydrazine groups is 1. The quantitative estimate of drug-likeness (QED) is 0.369. The summed E-state index contributed by atoms with van der Waals surface area (Å²) in [5, 5.41) is 11.5. The number of aromatic nitrogens is 1. The lowest BCUT2D eigenvalue weighted by Crippen LogP contribution is -2.49. The Hall–Kier alpha value is -4.12. The summed E-state index contributed by atoms with van der Waals surface area (Å²) in [6, 6.07) is 11.9. The van der Waals surface area contributed by atoms with Gasteiger partial charge >= 0.3 is 6.09 Å². The largest absolute Gasteiger partial charge is 0.444 e. The molecule has 1 aromatic heterocycles. The molecule has 0 bridgehead atoms. The lowest BCUT2D eigenvalue weighted by atomic mass is 10.1. The Kier molecular flexibility index (Phi) is 9.64. The molecule has 1 N–H and O–H groups in total. The smallest absolute Gasteiger partial charge is 0.410 e. The zero-order chi connectivity index (χ0) is 31.5. The summed E-state index contributed by atoms with van der Waals surface area (Å²) < 4.78 is 11.0. The first-order valence-electron chi connectivity index (χ1n) is 14.7. The molecule has 2 aromatic carbocycles. The molecule has 11 heteroatoms. The molecule has 0 saturated carbocycles. The van der Waals surface area contributed by atoms with E-state index >= 15 is 0 Å². The maximum atomic E-state index is 13.6. The molecule has 3 aromatic rings. The summed E-state index contributed by atoms with van der Waals surface area (Å²) in [4.78, 5) is 42.9. The number of nitrogens with one attached hydrogen (secondary N) is 1. The van der Waals surface area contributed by atoms with Gasteiger partial charge in [-0.2, -0.15) is 0 Å². The van der Waals surface area contributed by atoms with E-state index in [0.29, 0.717) is 25.2 Å². The number of anilines is 1. The van der Waals surface area contributed by atoms with Gasteiger partial charge < -0.3 is 24.4 Å². The monoisotopic (exact) mass is 592 g/mol. The fourth-order valence-electron chi connectivity index (χ4n) is 5.14. The lowest BCUT2D eigenvalue weighted by molar-refractivity contribution is -0.145. The predicted octanol–water partition coefficient (Wildman–Crippen LogP) is 4.40. The third-order valence-electron chi connectivity index (χ3n) is 7.51. The van der Waals surface area contributed by atoms with Crippen LogP contribution in [0.5, 0.6) is 0 Å². The molecule has 232 valence electrons. The second kappa shape index (κ2) is 13.0. The second-order valence-corrected chi connectivity index (χ2v) is 12.4. The minimum absolute atomic E-state index is 0.0104. The first kappa shape index (κ1) is 31.8. The summed E-state index contributed by atoms with van der Waals surface area (Å²) in [5.41, 5.74) is 4.77. The van der Waals surface area contributed by atoms with Crippen LogP contribution >= 0.6 is 0 Å². The highest BCUT2D eigenvalue weighted by atomic mass is 16.6. The fraction of sp³-hybridized carbons (Fsp3) is 0.500. The van der Waals surface area contributed by atoms with Gasteiger partial charge in [-0.25, -0.2) is 9.80 Å². The fourth-order valence-corrected chi connectivity index (χ4v) is 5.14. The van der Waals surface area contributed by atoms with Crippen LogP contribution in [0.2, 0.25) is 0 Å². The van der Waals surface area contributed by atoms with E-state index in [1.165, 1.54) is 11.1 Å². The number of nitrogens with zero attached hydrogens (tertiary/aromatic N) is 5. The molecule has 2 heterocycles. The molecular formula is C32H44N6O5. The van der Waals surface area contributed by atoms with Crippen LogP contribution in [0.25, 0.3) is 11.0 Å². The van der Waals surface area contributed by atoms with Crippen molar-refractivity contribution in [1.82, 2.24) is 25.4 Å². The van der Waals surface area contributed by atoms with Gasteiger partial charge in [-0.05, 0) is 77.3 Å². The number of aryl methyl sites for hydroxylation is 2. The molecule has 0 fully saturated rings. The van der Waals surface area contributed by atoms with Crippen LogP contribution in [0.3, 0.4) is 0 Å². The van der Waals surface area contributed by atoms with Crippen molar-refractivity contribution in [3.8, 4) is 0 Å². The van der Waals surface area contributed by atoms with Crippen molar-refractivity contribution >= 4 is 34.6 Å². The molecule has 0 atom stereocenters. The van der Waals surface area contributed by atoms with Crippen molar-refractivity contribution < 1.29 is 23.6 Å². The van der Waals surface area contributed by atoms with Gasteiger partial charge in [0.25, 0.3) is 5.91 Å². The van der Waals surface area contributed by atoms with Crippen LogP contribution in [-0.2, 0) is 27.4 Å². The molecule has 0 unspecified atom stereocenters. The molecule has 0 radical (unpaired) electrons. The van der Waals surface area contributed by atoms with Crippen LogP contribution in [0.15, 0.2) is 40.9 Å². The standard InChI is InChI=1S/C32H44N6O5/c1-21(2)38(31(41)42-32(5,6)7)14-13-33-29(39)19-36(27-16-26-23(4)34-43-28(26)15-22(27)3)20-30(40)35(8)37-17-24-11-9-10-12-25(24)18-37/h9-12,15-16,21H,13-14,17-20H2,1-8H3,(H,33,39). The number of amides is 3. The molecule has 4 rings (SSSR count). The molecule has 0 aliphatic carbocycles. The molecular weight excluding hydrogens is 548 g/mol. The number of ether oxygens (including phenoxy) is 1. The first-order valence-corrected chi connectivity index (χ1v) is 14.7. The highest BCUT2D eigenvalue weighted by Crippen LogP contribution is 2.29. The zero-order valence-corrected chi connectivity index (χ0v) is 26.6. The normalized spacial score (nSPS) is 13.2. The van der Waals surface area contributed by atoms with Crippen LogP contribution < -0.4 is 10.2 Å². The van der Waals surface area contributed by atoms with E-state index in [9.17, 15) is 14.4 Å². The number of benzene rings is 2. The number of hydrogen-bond donors (Lipinski definition) is 1. The van der Waals surface area contributed by atoms with E-state index in [2.05, 4.69) is 22.6 Å². The Balaban J connectivity index is 1.47. The Morgan fingerprint density at radius 2 is 1.72 bits per heavy atom. The van der Waals surface area contributed by atoms with Gasteiger partial charge in [-0.1, -0.05) is 29.4 Å². The number of carbonyl (C=O) groups is 3. The van der Waals surface area contributed by atoms with Crippen molar-refractivity contribution in [1.29, 1.82) is 0 Å². The highest BCUT2D eigenvalue weighted by molar-refractivity contribution is 5.90. The van der Waals surface area contributed by atoms with E-state index < -0.39 is 11.7 Å². The van der Waals surface area contributed by atoms with Crippen molar-refractivity contribution in [2.75, 3.05) is 38.1 Å². The van der Waals surface area contributed by atoms with Gasteiger partial charge in [0, 0.05) is 50.3 Å². The van der Waals surface area contributed by atoms with Crippen LogP contribution in [0.4, 0.5) is 10.5 Å². The molecule has 0 spiro atoms. The van der Waals surface area contributed by atoms with E-state index in [1.54, 1.807) is 21.9 Å². The van der Waals surface area contributed by atoms with Crippen LogP contribution in [-0.4, -0.2) is 82.9 Å². The topological polar surface area (TPSA) is 111 Å². The summed E-state index contributed by atoms with van der Waals surface area (Å²) >= 11 is 0. The van der Waals surface area contributed by atoms with Gasteiger partial charge in [0.2, 0.25) is 5.91 Å². The van der Waals surface area contributed by atoms with Crippen molar-refractivity contribution in [3.63, 3.8) is 0 Å². The predicted molar refractivity (Wildman–Crippen MR) is 165 cm³/mol. The van der Waals surface area contributed by atoms with E-state index in [1.807, 2.05) is 77.7 Å². The first-order chi connectivity index (χ1) is 20.2. The third kappa shape index (κ3) is 7.84. The summed E-state index contributed by atoms with van der Waals surface area (Å²) in [6.07, 6.45) is -0.427. The van der Waals surface area contributed by atoms with Crippen molar-refractivity contribution in [2.45, 2.75) is 73.2 Å². The number of hydrogen-bond acceptors (Lipinski definition) is 8.